The summed E-state index contributed by atoms with van der Waals surface area (Å²) in [6, 6.07) is 0. The molecule has 0 radical (unpaired) electrons. The molecule has 0 atom stereocenters. The zero-order valence-corrected chi connectivity index (χ0v) is 10.1. The molecule has 0 unspecified atom stereocenters. The van der Waals surface area contributed by atoms with Crippen LogP contribution in [0.4, 0.5) is 0 Å². The molecule has 0 saturated heterocycles. The SMILES string of the molecule is CCCN(CCO)CCCCCCCl. The van der Waals surface area contributed by atoms with Crippen molar-refractivity contribution in [1.82, 2.24) is 4.90 Å². The third-order valence-electron chi connectivity index (χ3n) is 2.31. The van der Waals surface area contributed by atoms with Gasteiger partial charge >= 0.3 is 0 Å². The maximum absolute atomic E-state index is 8.84. The third kappa shape index (κ3) is 8.79. The lowest BCUT2D eigenvalue weighted by molar-refractivity contribution is 0.193. The van der Waals surface area contributed by atoms with E-state index in [9.17, 15) is 0 Å². The largest absolute Gasteiger partial charge is 0.395 e. The Morgan fingerprint density at radius 1 is 1.00 bits per heavy atom. The van der Waals surface area contributed by atoms with E-state index in [-0.39, 0.29) is 6.61 Å². The molecule has 0 bridgehead atoms. The van der Waals surface area contributed by atoms with Gasteiger partial charge in [0.25, 0.3) is 0 Å². The average molecular weight is 222 g/mol. The Labute approximate surface area is 93.2 Å². The number of aliphatic hydroxyl groups excluding tert-OH is 1. The topological polar surface area (TPSA) is 23.5 Å². The summed E-state index contributed by atoms with van der Waals surface area (Å²) in [5.74, 6) is 0.787. The molecule has 86 valence electrons. The van der Waals surface area contributed by atoms with Gasteiger partial charge in [0.05, 0.1) is 6.61 Å². The standard InChI is InChI=1S/C11H24ClNO/c1-2-8-13(10-11-14)9-6-4-3-5-7-12/h14H,2-11H2,1H3. The van der Waals surface area contributed by atoms with Crippen LogP contribution in [0.15, 0.2) is 0 Å². The number of halogens is 1. The number of aliphatic hydroxyl groups is 1. The average Bonchev–Trinajstić information content (AvgIpc) is 2.18. The van der Waals surface area contributed by atoms with E-state index in [1.165, 1.54) is 25.7 Å². The van der Waals surface area contributed by atoms with Gasteiger partial charge in [-0.05, 0) is 32.4 Å². The molecule has 0 saturated carbocycles. The van der Waals surface area contributed by atoms with Crippen molar-refractivity contribution in [3.05, 3.63) is 0 Å². The molecule has 0 aromatic rings. The van der Waals surface area contributed by atoms with Crippen LogP contribution < -0.4 is 0 Å². The van der Waals surface area contributed by atoms with Crippen molar-refractivity contribution in [2.24, 2.45) is 0 Å². The molecule has 0 amide bonds. The number of unbranched alkanes of at least 4 members (excludes halogenated alkanes) is 3. The lowest BCUT2D eigenvalue weighted by Crippen LogP contribution is -2.28. The van der Waals surface area contributed by atoms with E-state index in [1.807, 2.05) is 0 Å². The van der Waals surface area contributed by atoms with Gasteiger partial charge in [-0.3, -0.25) is 0 Å². The number of hydrogen-bond acceptors (Lipinski definition) is 2. The minimum absolute atomic E-state index is 0.279. The molecule has 14 heavy (non-hydrogen) atoms. The molecule has 1 N–H and O–H groups in total. The fraction of sp³-hybridized carbons (Fsp3) is 1.00. The Morgan fingerprint density at radius 3 is 2.29 bits per heavy atom. The molecule has 0 aliphatic heterocycles. The normalized spacial score (nSPS) is 11.1. The van der Waals surface area contributed by atoms with Crippen molar-refractivity contribution in [1.29, 1.82) is 0 Å². The van der Waals surface area contributed by atoms with Gasteiger partial charge in [-0.2, -0.15) is 0 Å². The molecule has 0 fully saturated rings. The van der Waals surface area contributed by atoms with Crippen molar-refractivity contribution >= 4 is 11.6 Å². The lowest BCUT2D eigenvalue weighted by atomic mass is 10.2. The zero-order valence-electron chi connectivity index (χ0n) is 9.34. The van der Waals surface area contributed by atoms with Crippen molar-refractivity contribution in [2.75, 3.05) is 32.1 Å². The van der Waals surface area contributed by atoms with E-state index in [4.69, 9.17) is 16.7 Å². The molecule has 0 rings (SSSR count). The Morgan fingerprint density at radius 2 is 1.71 bits per heavy atom. The van der Waals surface area contributed by atoms with E-state index in [0.29, 0.717) is 0 Å². The van der Waals surface area contributed by atoms with E-state index in [0.717, 1.165) is 31.9 Å². The summed E-state index contributed by atoms with van der Waals surface area (Å²) < 4.78 is 0. The smallest absolute Gasteiger partial charge is 0.0558 e. The first-order valence-corrected chi connectivity index (χ1v) is 6.27. The molecule has 0 heterocycles. The van der Waals surface area contributed by atoms with Crippen molar-refractivity contribution in [3.63, 3.8) is 0 Å². The predicted octanol–water partition coefficient (Wildman–Crippen LogP) is 2.49. The summed E-state index contributed by atoms with van der Waals surface area (Å²) in [6.45, 7) is 5.51. The van der Waals surface area contributed by atoms with Crippen LogP contribution in [0.1, 0.15) is 39.0 Å². The quantitative estimate of drug-likeness (QED) is 0.453. The van der Waals surface area contributed by atoms with Crippen LogP contribution in [0, 0.1) is 0 Å². The van der Waals surface area contributed by atoms with Crippen molar-refractivity contribution < 1.29 is 5.11 Å². The summed E-state index contributed by atoms with van der Waals surface area (Å²) in [5, 5.41) is 8.84. The molecular weight excluding hydrogens is 198 g/mol. The van der Waals surface area contributed by atoms with E-state index in [2.05, 4.69) is 11.8 Å². The Balaban J connectivity index is 3.30. The van der Waals surface area contributed by atoms with Crippen molar-refractivity contribution in [3.8, 4) is 0 Å². The zero-order chi connectivity index (χ0) is 10.6. The number of alkyl halides is 1. The highest BCUT2D eigenvalue weighted by molar-refractivity contribution is 6.17. The van der Waals surface area contributed by atoms with Gasteiger partial charge in [0, 0.05) is 12.4 Å². The summed E-state index contributed by atoms with van der Waals surface area (Å²) in [4.78, 5) is 2.33. The van der Waals surface area contributed by atoms with Gasteiger partial charge in [0.15, 0.2) is 0 Å². The second-order valence-electron chi connectivity index (χ2n) is 3.67. The molecule has 0 aliphatic carbocycles. The van der Waals surface area contributed by atoms with Crippen LogP contribution in [-0.4, -0.2) is 42.1 Å². The van der Waals surface area contributed by atoms with Crippen LogP contribution in [-0.2, 0) is 0 Å². The number of rotatable bonds is 10. The van der Waals surface area contributed by atoms with Crippen molar-refractivity contribution in [2.45, 2.75) is 39.0 Å². The van der Waals surface area contributed by atoms with Gasteiger partial charge in [-0.15, -0.1) is 11.6 Å². The molecule has 3 heteroatoms. The second-order valence-corrected chi connectivity index (χ2v) is 4.05. The number of hydrogen-bond donors (Lipinski definition) is 1. The van der Waals surface area contributed by atoms with Crippen LogP contribution >= 0.6 is 11.6 Å². The Bertz CT molecular complexity index is 105. The highest BCUT2D eigenvalue weighted by Crippen LogP contribution is 2.03. The highest BCUT2D eigenvalue weighted by Gasteiger charge is 2.01. The van der Waals surface area contributed by atoms with Crippen LogP contribution in [0.3, 0.4) is 0 Å². The van der Waals surface area contributed by atoms with Crippen LogP contribution in [0.5, 0.6) is 0 Å². The summed E-state index contributed by atoms with van der Waals surface area (Å²) in [6.07, 6.45) is 6.04. The maximum Gasteiger partial charge on any atom is 0.0558 e. The fourth-order valence-electron chi connectivity index (χ4n) is 1.58. The predicted molar refractivity (Wildman–Crippen MR) is 63.0 cm³/mol. The van der Waals surface area contributed by atoms with E-state index in [1.54, 1.807) is 0 Å². The molecule has 0 aliphatic rings. The molecule has 0 spiro atoms. The second kappa shape index (κ2) is 11.3. The molecule has 0 aromatic carbocycles. The van der Waals surface area contributed by atoms with Gasteiger partial charge in [-0.1, -0.05) is 19.8 Å². The van der Waals surface area contributed by atoms with Gasteiger partial charge in [0.2, 0.25) is 0 Å². The monoisotopic (exact) mass is 221 g/mol. The fourth-order valence-corrected chi connectivity index (χ4v) is 1.77. The van der Waals surface area contributed by atoms with Gasteiger partial charge in [-0.25, -0.2) is 0 Å². The lowest BCUT2D eigenvalue weighted by Gasteiger charge is -2.20. The first kappa shape index (κ1) is 14.2. The minimum atomic E-state index is 0.279. The first-order valence-electron chi connectivity index (χ1n) is 5.74. The first-order chi connectivity index (χ1) is 6.85. The van der Waals surface area contributed by atoms with E-state index < -0.39 is 0 Å². The van der Waals surface area contributed by atoms with Gasteiger partial charge in [0.1, 0.15) is 0 Å². The number of nitrogens with zero attached hydrogens (tertiary/aromatic N) is 1. The molecule has 0 aromatic heterocycles. The molecular formula is C11H24ClNO. The molecule has 2 nitrogen and oxygen atoms in total. The highest BCUT2D eigenvalue weighted by atomic mass is 35.5. The minimum Gasteiger partial charge on any atom is -0.395 e. The third-order valence-corrected chi connectivity index (χ3v) is 2.58. The van der Waals surface area contributed by atoms with E-state index >= 15 is 0 Å². The summed E-state index contributed by atoms with van der Waals surface area (Å²) in [5.41, 5.74) is 0. The van der Waals surface area contributed by atoms with Crippen LogP contribution in [0.2, 0.25) is 0 Å². The maximum atomic E-state index is 8.84. The van der Waals surface area contributed by atoms with Gasteiger partial charge < -0.3 is 10.0 Å². The summed E-state index contributed by atoms with van der Waals surface area (Å²) >= 11 is 5.60. The summed E-state index contributed by atoms with van der Waals surface area (Å²) in [7, 11) is 0. The Kier molecular flexibility index (Phi) is 11.5. The Hall–Kier alpha value is 0.210. The van der Waals surface area contributed by atoms with Crippen LogP contribution in [0.25, 0.3) is 0 Å².